The molecule has 8 heteroatoms. The van der Waals surface area contributed by atoms with E-state index in [0.717, 1.165) is 10.2 Å². The van der Waals surface area contributed by atoms with Crippen LogP contribution in [0.3, 0.4) is 0 Å². The molecule has 0 aliphatic carbocycles. The highest BCUT2D eigenvalue weighted by molar-refractivity contribution is 7.89. The van der Waals surface area contributed by atoms with Crippen molar-refractivity contribution in [2.24, 2.45) is 0 Å². The van der Waals surface area contributed by atoms with Gasteiger partial charge < -0.3 is 4.42 Å². The predicted molar refractivity (Wildman–Crippen MR) is 72.2 cm³/mol. The molecule has 2 aromatic rings. The van der Waals surface area contributed by atoms with E-state index in [0.29, 0.717) is 35.4 Å². The zero-order valence-electron chi connectivity index (χ0n) is 11.7. The van der Waals surface area contributed by atoms with Crippen molar-refractivity contribution in [3.05, 3.63) is 22.7 Å². The third kappa shape index (κ3) is 2.15. The highest BCUT2D eigenvalue weighted by atomic mass is 32.2. The van der Waals surface area contributed by atoms with Crippen molar-refractivity contribution in [1.29, 1.82) is 0 Å². The second-order valence-electron chi connectivity index (χ2n) is 4.47. The van der Waals surface area contributed by atoms with Crippen molar-refractivity contribution >= 4 is 16.3 Å². The molecule has 2 rings (SSSR count). The second kappa shape index (κ2) is 4.86. The van der Waals surface area contributed by atoms with E-state index in [1.165, 1.54) is 0 Å². The highest BCUT2D eigenvalue weighted by Gasteiger charge is 2.27. The Labute approximate surface area is 116 Å². The lowest BCUT2D eigenvalue weighted by Gasteiger charge is -2.06. The number of hydrogen-bond donors (Lipinski definition) is 0. The Morgan fingerprint density at radius 1 is 1.30 bits per heavy atom. The smallest absolute Gasteiger partial charge is 0.265 e. The minimum Gasteiger partial charge on any atom is -0.419 e. The van der Waals surface area contributed by atoms with Crippen molar-refractivity contribution in [3.63, 3.8) is 0 Å². The molecule has 0 spiro atoms. The zero-order valence-corrected chi connectivity index (χ0v) is 12.5. The van der Waals surface area contributed by atoms with E-state index >= 15 is 0 Å². The first-order valence-corrected chi connectivity index (χ1v) is 7.86. The Morgan fingerprint density at radius 2 is 1.95 bits per heavy atom. The molecule has 0 saturated carbocycles. The van der Waals surface area contributed by atoms with Gasteiger partial charge in [-0.2, -0.15) is 0 Å². The molecule has 20 heavy (non-hydrogen) atoms. The summed E-state index contributed by atoms with van der Waals surface area (Å²) in [4.78, 5) is 11.2. The summed E-state index contributed by atoms with van der Waals surface area (Å²) in [6.45, 7) is 5.07. The molecule has 0 amide bonds. The lowest BCUT2D eigenvalue weighted by molar-refractivity contribution is 0.112. The molecular formula is C12H15N3O4S. The van der Waals surface area contributed by atoms with E-state index in [2.05, 4.69) is 10.2 Å². The number of hydrogen-bond acceptors (Lipinski definition) is 6. The molecule has 2 heterocycles. The van der Waals surface area contributed by atoms with Crippen LogP contribution < -0.4 is 0 Å². The summed E-state index contributed by atoms with van der Waals surface area (Å²) in [7, 11) is -3.59. The van der Waals surface area contributed by atoms with E-state index in [1.807, 2.05) is 6.92 Å². The van der Waals surface area contributed by atoms with Gasteiger partial charge in [-0.1, -0.05) is 6.92 Å². The molecule has 0 bridgehead atoms. The van der Waals surface area contributed by atoms with Gasteiger partial charge in [-0.25, -0.2) is 12.4 Å². The van der Waals surface area contributed by atoms with Crippen LogP contribution in [0.15, 0.2) is 4.42 Å². The van der Waals surface area contributed by atoms with E-state index < -0.39 is 10.0 Å². The lowest BCUT2D eigenvalue weighted by atomic mass is 10.1. The number of aryl methyl sites for hydroxylation is 1. The van der Waals surface area contributed by atoms with Crippen LogP contribution in [0.1, 0.15) is 34.4 Å². The summed E-state index contributed by atoms with van der Waals surface area (Å²) in [6, 6.07) is 0. The Hall–Kier alpha value is -1.96. The number of rotatable bonds is 4. The van der Waals surface area contributed by atoms with Crippen LogP contribution in [-0.2, 0) is 16.4 Å². The van der Waals surface area contributed by atoms with Gasteiger partial charge >= 0.3 is 0 Å². The maximum absolute atomic E-state index is 12.0. The fraction of sp³-hybridized carbons (Fsp3) is 0.417. The lowest BCUT2D eigenvalue weighted by Crippen LogP contribution is -2.13. The maximum atomic E-state index is 12.0. The molecule has 0 aromatic carbocycles. The average Bonchev–Trinajstić information content (AvgIpc) is 2.91. The van der Waals surface area contributed by atoms with E-state index in [1.54, 1.807) is 13.8 Å². The van der Waals surface area contributed by atoms with Crippen LogP contribution >= 0.6 is 0 Å². The highest BCUT2D eigenvalue weighted by Crippen LogP contribution is 2.30. The third-order valence-electron chi connectivity index (χ3n) is 3.08. The summed E-state index contributed by atoms with van der Waals surface area (Å²) in [5, 5.41) is 7.69. The standard InChI is InChI=1S/C12H15N3O4S/c1-5-10-13-14-12(19-10)11-7(2)9(6-16)8(3)15(11)20(4,17)18/h6H,5H2,1-4H3. The third-order valence-corrected chi connectivity index (χ3v) is 4.20. The fourth-order valence-corrected chi connectivity index (χ4v) is 3.30. The zero-order chi connectivity index (χ0) is 15.1. The van der Waals surface area contributed by atoms with E-state index in [4.69, 9.17) is 4.42 Å². The van der Waals surface area contributed by atoms with Crippen LogP contribution in [0.2, 0.25) is 0 Å². The molecule has 2 aromatic heterocycles. The number of aldehydes is 1. The minimum atomic E-state index is -3.59. The topological polar surface area (TPSA) is 95.1 Å². The Kier molecular flexibility index (Phi) is 3.51. The van der Waals surface area contributed by atoms with Gasteiger partial charge in [0.25, 0.3) is 5.89 Å². The van der Waals surface area contributed by atoms with E-state index in [-0.39, 0.29) is 11.6 Å². The molecule has 0 fully saturated rings. The van der Waals surface area contributed by atoms with Crippen LogP contribution in [-0.4, -0.2) is 35.1 Å². The molecule has 7 nitrogen and oxygen atoms in total. The Balaban J connectivity index is 2.84. The van der Waals surface area contributed by atoms with Crippen LogP contribution in [0.25, 0.3) is 11.6 Å². The Bertz CT molecular complexity index is 771. The van der Waals surface area contributed by atoms with Gasteiger partial charge in [0.1, 0.15) is 5.69 Å². The number of nitrogens with zero attached hydrogens (tertiary/aromatic N) is 3. The largest absolute Gasteiger partial charge is 0.419 e. The van der Waals surface area contributed by atoms with Gasteiger partial charge in [0.15, 0.2) is 6.29 Å². The SMILES string of the molecule is CCc1nnc(-c2c(C)c(C=O)c(C)n2S(C)(=O)=O)o1. The molecule has 0 aliphatic heterocycles. The van der Waals surface area contributed by atoms with Crippen molar-refractivity contribution in [1.82, 2.24) is 14.2 Å². The van der Waals surface area contributed by atoms with Crippen molar-refractivity contribution in [2.45, 2.75) is 27.2 Å². The first-order chi connectivity index (χ1) is 9.31. The van der Waals surface area contributed by atoms with Crippen LogP contribution in [0, 0.1) is 13.8 Å². The minimum absolute atomic E-state index is 0.0981. The molecule has 0 saturated heterocycles. The Morgan fingerprint density at radius 3 is 2.40 bits per heavy atom. The summed E-state index contributed by atoms with van der Waals surface area (Å²) in [5.74, 6) is 0.506. The summed E-state index contributed by atoms with van der Waals surface area (Å²) >= 11 is 0. The number of aromatic nitrogens is 3. The first-order valence-electron chi connectivity index (χ1n) is 6.01. The van der Waals surface area contributed by atoms with Crippen LogP contribution in [0.5, 0.6) is 0 Å². The van der Waals surface area contributed by atoms with Crippen molar-refractivity contribution < 1.29 is 17.6 Å². The fourth-order valence-electron chi connectivity index (χ4n) is 2.16. The number of carbonyl (C=O) groups excluding carboxylic acids is 1. The average molecular weight is 297 g/mol. The molecular weight excluding hydrogens is 282 g/mol. The summed E-state index contributed by atoms with van der Waals surface area (Å²) < 4.78 is 30.4. The van der Waals surface area contributed by atoms with Gasteiger partial charge in [-0.15, -0.1) is 10.2 Å². The quantitative estimate of drug-likeness (QED) is 0.790. The van der Waals surface area contributed by atoms with Gasteiger partial charge in [0.05, 0.1) is 6.26 Å². The van der Waals surface area contributed by atoms with Crippen LogP contribution in [0.4, 0.5) is 0 Å². The van der Waals surface area contributed by atoms with Gasteiger partial charge in [0.2, 0.25) is 15.9 Å². The van der Waals surface area contributed by atoms with Crippen molar-refractivity contribution in [3.8, 4) is 11.6 Å². The van der Waals surface area contributed by atoms with Gasteiger partial charge in [-0.05, 0) is 19.4 Å². The first kappa shape index (κ1) is 14.4. The molecule has 0 atom stereocenters. The molecule has 0 aliphatic rings. The van der Waals surface area contributed by atoms with E-state index in [9.17, 15) is 13.2 Å². The summed E-state index contributed by atoms with van der Waals surface area (Å²) in [6.07, 6.45) is 2.24. The monoisotopic (exact) mass is 297 g/mol. The normalized spacial score (nSPS) is 11.8. The van der Waals surface area contributed by atoms with Gasteiger partial charge in [-0.3, -0.25) is 4.79 Å². The maximum Gasteiger partial charge on any atom is 0.265 e. The van der Waals surface area contributed by atoms with Crippen molar-refractivity contribution in [2.75, 3.05) is 6.26 Å². The number of carbonyl (C=O) groups is 1. The second-order valence-corrected chi connectivity index (χ2v) is 6.30. The molecule has 0 N–H and O–H groups in total. The predicted octanol–water partition coefficient (Wildman–Crippen LogP) is 1.34. The summed E-state index contributed by atoms with van der Waals surface area (Å²) in [5.41, 5.74) is 1.42. The molecule has 0 unspecified atom stereocenters. The molecule has 0 radical (unpaired) electrons. The van der Waals surface area contributed by atoms with Gasteiger partial charge in [0, 0.05) is 17.7 Å². The molecule has 108 valence electrons.